The van der Waals surface area contributed by atoms with E-state index in [2.05, 4.69) is 26.1 Å². The number of aromatic nitrogens is 2. The van der Waals surface area contributed by atoms with Gasteiger partial charge in [0.2, 0.25) is 0 Å². The van der Waals surface area contributed by atoms with Gasteiger partial charge >= 0.3 is 0 Å². The minimum Gasteiger partial charge on any atom is -0.484 e. The quantitative estimate of drug-likeness (QED) is 0.933. The average Bonchev–Trinajstić information content (AvgIpc) is 2.79. The Morgan fingerprint density at radius 1 is 1.47 bits per heavy atom. The molecule has 2 aromatic rings. The van der Waals surface area contributed by atoms with Crippen LogP contribution >= 0.6 is 15.9 Å². The second-order valence-corrected chi connectivity index (χ2v) is 5.45. The van der Waals surface area contributed by atoms with Gasteiger partial charge in [-0.25, -0.2) is 4.39 Å². The molecular weight excluding hydrogens is 317 g/mol. The van der Waals surface area contributed by atoms with Crippen LogP contribution in [0.2, 0.25) is 0 Å². The van der Waals surface area contributed by atoms with Crippen LogP contribution in [0.15, 0.2) is 27.2 Å². The highest BCUT2D eigenvalue weighted by molar-refractivity contribution is 9.10. The van der Waals surface area contributed by atoms with Crippen molar-refractivity contribution in [1.29, 1.82) is 0 Å². The number of nitrogens with zero attached hydrogens (tertiary/aromatic N) is 2. The van der Waals surface area contributed by atoms with E-state index in [1.807, 2.05) is 0 Å². The van der Waals surface area contributed by atoms with Crippen molar-refractivity contribution in [3.63, 3.8) is 0 Å². The predicted molar refractivity (Wildman–Crippen MR) is 69.9 cm³/mol. The van der Waals surface area contributed by atoms with Crippen LogP contribution < -0.4 is 10.5 Å². The number of rotatable bonds is 4. The molecule has 19 heavy (non-hydrogen) atoms. The topological polar surface area (TPSA) is 74.2 Å². The summed E-state index contributed by atoms with van der Waals surface area (Å²) >= 11 is 3.08. The maximum absolute atomic E-state index is 13.0. The fourth-order valence-electron chi connectivity index (χ4n) is 1.29. The summed E-state index contributed by atoms with van der Waals surface area (Å²) in [5.74, 6) is 0.873. The fraction of sp³-hybridized carbons (Fsp3) is 0.333. The molecule has 7 heteroatoms. The van der Waals surface area contributed by atoms with E-state index in [1.54, 1.807) is 13.8 Å². The lowest BCUT2D eigenvalue weighted by Crippen LogP contribution is -2.30. The first-order valence-corrected chi connectivity index (χ1v) is 6.35. The minimum atomic E-state index is -0.666. The van der Waals surface area contributed by atoms with Crippen LogP contribution in [0, 0.1) is 5.82 Å². The first kappa shape index (κ1) is 14.0. The van der Waals surface area contributed by atoms with E-state index in [4.69, 9.17) is 15.0 Å². The number of halogens is 2. The molecule has 102 valence electrons. The van der Waals surface area contributed by atoms with E-state index in [1.165, 1.54) is 18.2 Å². The number of hydrogen-bond donors (Lipinski definition) is 1. The molecule has 0 aliphatic rings. The normalized spacial score (nSPS) is 11.6. The van der Waals surface area contributed by atoms with Gasteiger partial charge in [-0.2, -0.15) is 4.98 Å². The van der Waals surface area contributed by atoms with Crippen molar-refractivity contribution in [1.82, 2.24) is 10.1 Å². The lowest BCUT2D eigenvalue weighted by Gasteiger charge is -2.11. The van der Waals surface area contributed by atoms with E-state index < -0.39 is 5.54 Å². The fourth-order valence-corrected chi connectivity index (χ4v) is 1.64. The average molecular weight is 330 g/mol. The summed E-state index contributed by atoms with van der Waals surface area (Å²) in [6, 6.07) is 4.35. The molecule has 0 fully saturated rings. The number of hydrogen-bond acceptors (Lipinski definition) is 5. The molecule has 0 aliphatic carbocycles. The Kier molecular flexibility index (Phi) is 3.86. The monoisotopic (exact) mass is 329 g/mol. The first-order valence-electron chi connectivity index (χ1n) is 5.56. The standard InChI is InChI=1S/C12H13BrFN3O2/c1-12(2,15)11-16-10(19-17-11)6-18-7-3-4-9(14)8(13)5-7/h3-5H,6,15H2,1-2H3. The van der Waals surface area contributed by atoms with E-state index in [0.29, 0.717) is 21.9 Å². The minimum absolute atomic E-state index is 0.0984. The third-order valence-electron chi connectivity index (χ3n) is 2.30. The molecule has 0 spiro atoms. The largest absolute Gasteiger partial charge is 0.484 e. The molecule has 2 rings (SSSR count). The van der Waals surface area contributed by atoms with Gasteiger partial charge in [-0.3, -0.25) is 0 Å². The molecule has 1 aromatic carbocycles. The zero-order chi connectivity index (χ0) is 14.0. The van der Waals surface area contributed by atoms with Crippen molar-refractivity contribution in [2.45, 2.75) is 26.0 Å². The third-order valence-corrected chi connectivity index (χ3v) is 2.91. The van der Waals surface area contributed by atoms with Crippen LogP contribution in [0.4, 0.5) is 4.39 Å². The van der Waals surface area contributed by atoms with Crippen LogP contribution in [-0.4, -0.2) is 10.1 Å². The van der Waals surface area contributed by atoms with Gasteiger partial charge in [-0.1, -0.05) is 5.16 Å². The van der Waals surface area contributed by atoms with Crippen molar-refractivity contribution >= 4 is 15.9 Å². The summed E-state index contributed by atoms with van der Waals surface area (Å²) in [4.78, 5) is 4.12. The summed E-state index contributed by atoms with van der Waals surface area (Å²) in [5.41, 5.74) is 5.17. The van der Waals surface area contributed by atoms with Crippen LogP contribution in [0.25, 0.3) is 0 Å². The van der Waals surface area contributed by atoms with Crippen LogP contribution in [0.5, 0.6) is 5.75 Å². The lowest BCUT2D eigenvalue weighted by atomic mass is 10.1. The Morgan fingerprint density at radius 2 is 2.21 bits per heavy atom. The summed E-state index contributed by atoms with van der Waals surface area (Å²) in [7, 11) is 0. The SMILES string of the molecule is CC(C)(N)c1noc(COc2ccc(F)c(Br)c2)n1. The van der Waals surface area contributed by atoms with E-state index in [-0.39, 0.29) is 12.4 Å². The van der Waals surface area contributed by atoms with Crippen molar-refractivity contribution in [3.8, 4) is 5.75 Å². The van der Waals surface area contributed by atoms with Gasteiger partial charge in [0.05, 0.1) is 10.0 Å². The zero-order valence-corrected chi connectivity index (χ0v) is 12.1. The Hall–Kier alpha value is -1.47. The van der Waals surface area contributed by atoms with Gasteiger partial charge in [0.15, 0.2) is 12.4 Å². The highest BCUT2D eigenvalue weighted by atomic mass is 79.9. The smallest absolute Gasteiger partial charge is 0.264 e. The first-order chi connectivity index (χ1) is 8.86. The van der Waals surface area contributed by atoms with Gasteiger partial charge in [0.25, 0.3) is 5.89 Å². The molecule has 5 nitrogen and oxygen atoms in total. The van der Waals surface area contributed by atoms with E-state index >= 15 is 0 Å². The Balaban J connectivity index is 2.02. The van der Waals surface area contributed by atoms with Gasteiger partial charge in [-0.05, 0) is 48.0 Å². The molecule has 0 radical (unpaired) electrons. The summed E-state index contributed by atoms with van der Waals surface area (Å²) in [5, 5.41) is 3.77. The lowest BCUT2D eigenvalue weighted by molar-refractivity contribution is 0.241. The van der Waals surface area contributed by atoms with Gasteiger partial charge < -0.3 is 15.0 Å². The molecular formula is C12H13BrFN3O2. The van der Waals surface area contributed by atoms with E-state index in [0.717, 1.165) is 0 Å². The molecule has 0 saturated heterocycles. The molecule has 0 unspecified atom stereocenters. The maximum atomic E-state index is 13.0. The molecule has 1 heterocycles. The summed E-state index contributed by atoms with van der Waals surface area (Å²) < 4.78 is 23.8. The Bertz CT molecular complexity index is 581. The molecule has 1 aromatic heterocycles. The molecule has 0 saturated carbocycles. The van der Waals surface area contributed by atoms with Crippen LogP contribution in [-0.2, 0) is 12.1 Å². The summed E-state index contributed by atoms with van der Waals surface area (Å²) in [6.07, 6.45) is 0. The second-order valence-electron chi connectivity index (χ2n) is 4.60. The maximum Gasteiger partial charge on any atom is 0.264 e. The number of benzene rings is 1. The third kappa shape index (κ3) is 3.51. The van der Waals surface area contributed by atoms with E-state index in [9.17, 15) is 4.39 Å². The van der Waals surface area contributed by atoms with Crippen LogP contribution in [0.1, 0.15) is 25.6 Å². The Morgan fingerprint density at radius 3 is 2.79 bits per heavy atom. The summed E-state index contributed by atoms with van der Waals surface area (Å²) in [6.45, 7) is 3.65. The van der Waals surface area contributed by atoms with Gasteiger partial charge in [0, 0.05) is 0 Å². The van der Waals surface area contributed by atoms with Crippen molar-refractivity contribution in [3.05, 3.63) is 40.2 Å². The van der Waals surface area contributed by atoms with Crippen LogP contribution in [0.3, 0.4) is 0 Å². The van der Waals surface area contributed by atoms with Crippen molar-refractivity contribution < 1.29 is 13.7 Å². The zero-order valence-electron chi connectivity index (χ0n) is 10.5. The number of ether oxygens (including phenoxy) is 1. The number of nitrogens with two attached hydrogens (primary N) is 1. The highest BCUT2D eigenvalue weighted by Gasteiger charge is 2.21. The highest BCUT2D eigenvalue weighted by Crippen LogP contribution is 2.22. The molecule has 0 atom stereocenters. The molecule has 0 bridgehead atoms. The Labute approximate surface area is 118 Å². The molecule has 0 amide bonds. The second kappa shape index (κ2) is 5.26. The van der Waals surface area contributed by atoms with Gasteiger partial charge in [0.1, 0.15) is 11.6 Å². The van der Waals surface area contributed by atoms with Crippen molar-refractivity contribution in [2.24, 2.45) is 5.73 Å². The molecule has 2 N–H and O–H groups in total. The van der Waals surface area contributed by atoms with Gasteiger partial charge in [-0.15, -0.1) is 0 Å². The predicted octanol–water partition coefficient (Wildman–Crippen LogP) is 2.74. The molecule has 0 aliphatic heterocycles. The van der Waals surface area contributed by atoms with Crippen molar-refractivity contribution in [2.75, 3.05) is 0 Å².